The Hall–Kier alpha value is -3.44. The van der Waals surface area contributed by atoms with Crippen molar-refractivity contribution in [3.63, 3.8) is 0 Å². The predicted octanol–water partition coefficient (Wildman–Crippen LogP) is 4.76. The van der Waals surface area contributed by atoms with Crippen LogP contribution < -0.4 is 10.9 Å². The highest BCUT2D eigenvalue weighted by Gasteiger charge is 2.12. The number of carbonyl (C=O) groups excluding carboxylic acids is 1. The lowest BCUT2D eigenvalue weighted by Crippen LogP contribution is -2.12. The minimum atomic E-state index is -0.457. The van der Waals surface area contributed by atoms with E-state index in [4.69, 9.17) is 16.0 Å². The summed E-state index contributed by atoms with van der Waals surface area (Å²) in [5.74, 6) is -0.141. The first kappa shape index (κ1) is 17.0. The summed E-state index contributed by atoms with van der Waals surface area (Å²) in [7, 11) is 0. The van der Waals surface area contributed by atoms with Crippen LogP contribution in [0.1, 0.15) is 10.4 Å². The van der Waals surface area contributed by atoms with E-state index in [2.05, 4.69) is 10.3 Å². The summed E-state index contributed by atoms with van der Waals surface area (Å²) in [5, 5.41) is 3.58. The molecule has 0 aliphatic rings. The Morgan fingerprint density at radius 3 is 2.59 bits per heavy atom. The molecule has 0 atom stereocenters. The number of benzene rings is 3. The van der Waals surface area contributed by atoms with Gasteiger partial charge in [0.2, 0.25) is 5.89 Å². The number of fused-ring (bicyclic) bond motifs is 1. The molecule has 1 heterocycles. The summed E-state index contributed by atoms with van der Waals surface area (Å²) in [6, 6.07) is 20.7. The summed E-state index contributed by atoms with van der Waals surface area (Å²) in [6.07, 6.45) is 0. The van der Waals surface area contributed by atoms with Crippen molar-refractivity contribution in [2.24, 2.45) is 0 Å². The van der Waals surface area contributed by atoms with Gasteiger partial charge >= 0.3 is 5.63 Å². The van der Waals surface area contributed by atoms with Crippen molar-refractivity contribution < 1.29 is 9.21 Å². The first-order chi connectivity index (χ1) is 13.1. The van der Waals surface area contributed by atoms with E-state index in [0.717, 1.165) is 0 Å². The van der Waals surface area contributed by atoms with Crippen LogP contribution in [0.4, 0.5) is 5.69 Å². The average molecular weight is 377 g/mol. The van der Waals surface area contributed by atoms with E-state index in [1.165, 1.54) is 0 Å². The normalized spacial score (nSPS) is 10.7. The Bertz CT molecular complexity index is 1220. The van der Waals surface area contributed by atoms with Gasteiger partial charge in [0.25, 0.3) is 5.91 Å². The molecule has 1 N–H and O–H groups in total. The van der Waals surface area contributed by atoms with Crippen molar-refractivity contribution in [2.45, 2.75) is 0 Å². The van der Waals surface area contributed by atoms with Crippen LogP contribution in [0.25, 0.3) is 22.4 Å². The van der Waals surface area contributed by atoms with Gasteiger partial charge in [0.1, 0.15) is 0 Å². The summed E-state index contributed by atoms with van der Waals surface area (Å²) in [4.78, 5) is 29.0. The van der Waals surface area contributed by atoms with Crippen molar-refractivity contribution in [1.82, 2.24) is 4.98 Å². The number of nitrogens with zero attached hydrogens (tertiary/aromatic N) is 1. The second-order valence-electron chi connectivity index (χ2n) is 5.84. The maximum absolute atomic E-state index is 12.4. The fourth-order valence-electron chi connectivity index (χ4n) is 2.72. The van der Waals surface area contributed by atoms with E-state index >= 15 is 0 Å². The third kappa shape index (κ3) is 3.45. The van der Waals surface area contributed by atoms with Gasteiger partial charge < -0.3 is 9.73 Å². The lowest BCUT2D eigenvalue weighted by molar-refractivity contribution is 0.102. The van der Waals surface area contributed by atoms with Crippen LogP contribution in [-0.4, -0.2) is 10.9 Å². The van der Waals surface area contributed by atoms with Gasteiger partial charge in [0.15, 0.2) is 0 Å². The molecule has 132 valence electrons. The number of amides is 1. The Morgan fingerprint density at radius 2 is 1.74 bits per heavy atom. The zero-order valence-corrected chi connectivity index (χ0v) is 14.7. The van der Waals surface area contributed by atoms with Crippen molar-refractivity contribution in [3.8, 4) is 11.5 Å². The quantitative estimate of drug-likeness (QED) is 0.559. The Balaban J connectivity index is 1.68. The molecule has 0 unspecified atom stereocenters. The van der Waals surface area contributed by atoms with Crippen LogP contribution in [0.5, 0.6) is 0 Å². The molecule has 0 saturated heterocycles. The van der Waals surface area contributed by atoms with Crippen molar-refractivity contribution in [2.75, 3.05) is 5.32 Å². The number of nitrogens with one attached hydrogen (secondary N) is 1. The maximum atomic E-state index is 12.4. The number of halogens is 1. The minimum Gasteiger partial charge on any atom is -0.403 e. The fraction of sp³-hybridized carbons (Fsp3) is 0. The topological polar surface area (TPSA) is 72.2 Å². The number of carbonyl (C=O) groups is 1. The van der Waals surface area contributed by atoms with Crippen molar-refractivity contribution >= 4 is 34.1 Å². The summed E-state index contributed by atoms with van der Waals surface area (Å²) < 4.78 is 5.34. The molecule has 1 amide bonds. The van der Waals surface area contributed by atoms with Gasteiger partial charge in [-0.05, 0) is 42.5 Å². The molecule has 4 aromatic rings. The second kappa shape index (κ2) is 7.05. The maximum Gasteiger partial charge on any atom is 0.347 e. The molecule has 0 aliphatic carbocycles. The van der Waals surface area contributed by atoms with Crippen LogP contribution in [0.15, 0.2) is 82.0 Å². The second-order valence-corrected chi connectivity index (χ2v) is 6.25. The minimum absolute atomic E-state index is 0.188. The molecule has 0 radical (unpaired) electrons. The number of aromatic nitrogens is 1. The Morgan fingerprint density at radius 1 is 0.963 bits per heavy atom. The monoisotopic (exact) mass is 376 g/mol. The Labute approximate surface area is 159 Å². The smallest absolute Gasteiger partial charge is 0.347 e. The van der Waals surface area contributed by atoms with E-state index in [9.17, 15) is 9.59 Å². The lowest BCUT2D eigenvalue weighted by atomic mass is 10.1. The van der Waals surface area contributed by atoms with Gasteiger partial charge in [-0.2, -0.15) is 0 Å². The van der Waals surface area contributed by atoms with E-state index in [-0.39, 0.29) is 11.8 Å². The molecule has 4 rings (SSSR count). The molecule has 0 saturated carbocycles. The molecule has 0 aliphatic heterocycles. The number of hydrogen-bond acceptors (Lipinski definition) is 4. The number of hydrogen-bond donors (Lipinski definition) is 1. The van der Waals surface area contributed by atoms with Crippen molar-refractivity contribution in [1.29, 1.82) is 0 Å². The molecule has 27 heavy (non-hydrogen) atoms. The molecule has 1 aromatic heterocycles. The van der Waals surface area contributed by atoms with Crippen LogP contribution >= 0.6 is 11.6 Å². The van der Waals surface area contributed by atoms with Crippen LogP contribution in [0.2, 0.25) is 5.02 Å². The van der Waals surface area contributed by atoms with Gasteiger partial charge in [-0.15, -0.1) is 0 Å². The predicted molar refractivity (Wildman–Crippen MR) is 105 cm³/mol. The third-order valence-electron chi connectivity index (χ3n) is 4.02. The highest BCUT2D eigenvalue weighted by Crippen LogP contribution is 2.23. The molecular formula is C21H13ClN2O3. The number of para-hydroxylation sites is 1. The van der Waals surface area contributed by atoms with E-state index in [1.54, 1.807) is 72.8 Å². The van der Waals surface area contributed by atoms with Gasteiger partial charge in [-0.3, -0.25) is 4.79 Å². The van der Waals surface area contributed by atoms with E-state index in [0.29, 0.717) is 32.7 Å². The molecule has 0 bridgehead atoms. The Kier molecular flexibility index (Phi) is 4.44. The fourth-order valence-corrected chi connectivity index (χ4v) is 2.94. The molecular weight excluding hydrogens is 364 g/mol. The summed E-state index contributed by atoms with van der Waals surface area (Å²) >= 11 is 6.06. The first-order valence-electron chi connectivity index (χ1n) is 8.18. The largest absolute Gasteiger partial charge is 0.403 e. The zero-order valence-electron chi connectivity index (χ0n) is 14.0. The van der Waals surface area contributed by atoms with Gasteiger partial charge in [0.05, 0.1) is 21.5 Å². The van der Waals surface area contributed by atoms with Gasteiger partial charge in [-0.1, -0.05) is 41.9 Å². The molecule has 0 fully saturated rings. The standard InChI is InChI=1S/C21H13ClN2O3/c22-17-10-3-1-8-15(17)19(25)23-14-7-5-6-13(12-14)20-24-18-11-4-2-9-16(18)21(26)27-20/h1-12H,(H,23,25). The highest BCUT2D eigenvalue weighted by atomic mass is 35.5. The lowest BCUT2D eigenvalue weighted by Gasteiger charge is -2.08. The first-order valence-corrected chi connectivity index (χ1v) is 8.56. The van der Waals surface area contributed by atoms with Crippen LogP contribution in [0.3, 0.4) is 0 Å². The van der Waals surface area contributed by atoms with Crippen LogP contribution in [-0.2, 0) is 0 Å². The molecule has 3 aromatic carbocycles. The number of anilines is 1. The number of rotatable bonds is 3. The third-order valence-corrected chi connectivity index (χ3v) is 4.35. The van der Waals surface area contributed by atoms with Crippen molar-refractivity contribution in [3.05, 3.63) is 93.8 Å². The molecule has 5 nitrogen and oxygen atoms in total. The SMILES string of the molecule is O=C(Nc1cccc(-c2nc3ccccc3c(=O)o2)c1)c1ccccc1Cl. The molecule has 6 heteroatoms. The average Bonchev–Trinajstić information content (AvgIpc) is 2.68. The zero-order chi connectivity index (χ0) is 18.8. The van der Waals surface area contributed by atoms with Gasteiger partial charge in [0, 0.05) is 11.3 Å². The van der Waals surface area contributed by atoms with Gasteiger partial charge in [-0.25, -0.2) is 9.78 Å². The van der Waals surface area contributed by atoms with Crippen LogP contribution in [0, 0.1) is 0 Å². The van der Waals surface area contributed by atoms with E-state index < -0.39 is 5.63 Å². The summed E-state index contributed by atoms with van der Waals surface area (Å²) in [6.45, 7) is 0. The highest BCUT2D eigenvalue weighted by molar-refractivity contribution is 6.34. The summed E-state index contributed by atoms with van der Waals surface area (Å²) in [5.41, 5.74) is 1.58. The molecule has 0 spiro atoms. The van der Waals surface area contributed by atoms with E-state index in [1.807, 2.05) is 0 Å².